The summed E-state index contributed by atoms with van der Waals surface area (Å²) < 4.78 is 5.39. The Hall–Kier alpha value is -2.52. The lowest BCUT2D eigenvalue weighted by Gasteiger charge is -2.35. The second-order valence-corrected chi connectivity index (χ2v) is 7.51. The van der Waals surface area contributed by atoms with E-state index in [0.29, 0.717) is 31.6 Å². The summed E-state index contributed by atoms with van der Waals surface area (Å²) in [5.41, 5.74) is 1.50. The van der Waals surface area contributed by atoms with Gasteiger partial charge in [-0.25, -0.2) is 9.99 Å². The molecule has 2 amide bonds. The van der Waals surface area contributed by atoms with Crippen LogP contribution in [-0.2, 0) is 16.1 Å². The second kappa shape index (κ2) is 7.61. The number of thiazole rings is 1. The molecule has 0 bridgehead atoms. The highest BCUT2D eigenvalue weighted by atomic mass is 32.1. The Labute approximate surface area is 161 Å². The van der Waals surface area contributed by atoms with Crippen molar-refractivity contribution in [2.24, 2.45) is 5.10 Å². The molecule has 2 aromatic heterocycles. The van der Waals surface area contributed by atoms with E-state index < -0.39 is 0 Å². The average molecular weight is 387 g/mol. The quantitative estimate of drug-likeness (QED) is 0.797. The number of hydrazone groups is 1. The first-order valence-electron chi connectivity index (χ1n) is 8.94. The minimum Gasteiger partial charge on any atom is -0.462 e. The topological polar surface area (TPSA) is 82.2 Å². The summed E-state index contributed by atoms with van der Waals surface area (Å²) in [6.45, 7) is 3.66. The van der Waals surface area contributed by atoms with Crippen molar-refractivity contribution in [1.82, 2.24) is 19.8 Å². The van der Waals surface area contributed by atoms with E-state index in [9.17, 15) is 9.59 Å². The third-order valence-corrected chi connectivity index (χ3v) is 5.69. The molecule has 2 aliphatic heterocycles. The van der Waals surface area contributed by atoms with Gasteiger partial charge in [-0.3, -0.25) is 14.5 Å². The van der Waals surface area contributed by atoms with Crippen LogP contribution < -0.4 is 0 Å². The number of furan rings is 1. The van der Waals surface area contributed by atoms with E-state index in [2.05, 4.69) is 20.4 Å². The van der Waals surface area contributed by atoms with Crippen LogP contribution in [0.15, 0.2) is 33.3 Å². The first-order valence-corrected chi connectivity index (χ1v) is 9.82. The maximum atomic E-state index is 12.6. The Morgan fingerprint density at radius 3 is 2.78 bits per heavy atom. The summed E-state index contributed by atoms with van der Waals surface area (Å²) >= 11 is 1.58. The number of carbonyl (C=O) groups is 2. The van der Waals surface area contributed by atoms with Crippen LogP contribution in [0.5, 0.6) is 0 Å². The normalized spacial score (nSPS) is 18.7. The molecule has 2 aromatic rings. The van der Waals surface area contributed by atoms with Gasteiger partial charge < -0.3 is 9.32 Å². The summed E-state index contributed by atoms with van der Waals surface area (Å²) in [5, 5.41) is 8.34. The zero-order chi connectivity index (χ0) is 18.8. The molecule has 9 heteroatoms. The molecular formula is C18H21N5O3S. The molecule has 0 N–H and O–H groups in total. The molecule has 0 spiro atoms. The molecular weight excluding hydrogens is 366 g/mol. The lowest BCUT2D eigenvalue weighted by Crippen LogP contribution is -2.51. The fourth-order valence-electron chi connectivity index (χ4n) is 3.24. The van der Waals surface area contributed by atoms with E-state index in [-0.39, 0.29) is 11.8 Å². The van der Waals surface area contributed by atoms with Crippen LogP contribution in [0.25, 0.3) is 10.8 Å². The van der Waals surface area contributed by atoms with Crippen LogP contribution in [0.2, 0.25) is 0 Å². The number of amides is 2. The zero-order valence-electron chi connectivity index (χ0n) is 15.1. The van der Waals surface area contributed by atoms with Gasteiger partial charge in [0.05, 0.1) is 12.0 Å². The van der Waals surface area contributed by atoms with Crippen LogP contribution in [-0.4, -0.2) is 70.5 Å². The van der Waals surface area contributed by atoms with Gasteiger partial charge in [0.2, 0.25) is 5.91 Å². The molecule has 27 heavy (non-hydrogen) atoms. The van der Waals surface area contributed by atoms with Gasteiger partial charge in [0, 0.05) is 58.0 Å². The van der Waals surface area contributed by atoms with Gasteiger partial charge in [0.1, 0.15) is 5.71 Å². The van der Waals surface area contributed by atoms with E-state index in [4.69, 9.17) is 4.42 Å². The molecule has 0 radical (unpaired) electrons. The summed E-state index contributed by atoms with van der Waals surface area (Å²) in [4.78, 5) is 32.9. The monoisotopic (exact) mass is 387 g/mol. The highest BCUT2D eigenvalue weighted by Crippen LogP contribution is 2.24. The van der Waals surface area contributed by atoms with E-state index in [0.717, 1.165) is 36.1 Å². The van der Waals surface area contributed by atoms with Gasteiger partial charge >= 0.3 is 0 Å². The number of hydrogen-bond donors (Lipinski definition) is 0. The first kappa shape index (κ1) is 17.9. The molecule has 0 unspecified atom stereocenters. The molecule has 0 saturated carbocycles. The van der Waals surface area contributed by atoms with Gasteiger partial charge in [-0.05, 0) is 12.1 Å². The smallest absolute Gasteiger partial charge is 0.270 e. The number of hydrogen-bond acceptors (Lipinski definition) is 7. The molecule has 142 valence electrons. The Balaban J connectivity index is 1.31. The summed E-state index contributed by atoms with van der Waals surface area (Å²) in [6.07, 6.45) is 2.43. The SMILES string of the molecule is CN1N=C(C(=O)N2CCN(Cc3csc(-c4ccco4)n3)CC2)CCC1=O. The second-order valence-electron chi connectivity index (χ2n) is 6.65. The molecule has 0 atom stereocenters. The minimum absolute atomic E-state index is 0.0476. The van der Waals surface area contributed by atoms with Gasteiger partial charge in [-0.2, -0.15) is 5.10 Å². The maximum Gasteiger partial charge on any atom is 0.270 e. The van der Waals surface area contributed by atoms with Crippen LogP contribution in [0.3, 0.4) is 0 Å². The zero-order valence-corrected chi connectivity index (χ0v) is 15.9. The molecule has 1 saturated heterocycles. The number of piperazine rings is 1. The third-order valence-electron chi connectivity index (χ3n) is 4.78. The minimum atomic E-state index is -0.0530. The van der Waals surface area contributed by atoms with Gasteiger partial charge in [0.15, 0.2) is 10.8 Å². The van der Waals surface area contributed by atoms with Crippen molar-refractivity contribution in [3.63, 3.8) is 0 Å². The van der Waals surface area contributed by atoms with Crippen molar-refractivity contribution < 1.29 is 14.0 Å². The Morgan fingerprint density at radius 1 is 1.26 bits per heavy atom. The Kier molecular flexibility index (Phi) is 5.04. The van der Waals surface area contributed by atoms with Gasteiger partial charge in [-0.15, -0.1) is 11.3 Å². The van der Waals surface area contributed by atoms with E-state index in [1.54, 1.807) is 24.6 Å². The summed E-state index contributed by atoms with van der Waals surface area (Å²) in [6, 6.07) is 3.77. The van der Waals surface area contributed by atoms with Crippen molar-refractivity contribution >= 4 is 28.9 Å². The van der Waals surface area contributed by atoms with Gasteiger partial charge in [0.25, 0.3) is 5.91 Å². The Bertz CT molecular complexity index is 852. The van der Waals surface area contributed by atoms with Crippen LogP contribution in [0.1, 0.15) is 18.5 Å². The van der Waals surface area contributed by atoms with Crippen molar-refractivity contribution in [3.8, 4) is 10.8 Å². The number of aromatic nitrogens is 1. The lowest BCUT2D eigenvalue weighted by atomic mass is 10.1. The average Bonchev–Trinajstić information content (AvgIpc) is 3.36. The standard InChI is InChI=1S/C18H21N5O3S/c1-21-16(24)5-4-14(20-21)18(25)23-8-6-22(7-9-23)11-13-12-27-17(19-13)15-3-2-10-26-15/h2-3,10,12H,4-9,11H2,1H3. The molecule has 0 aliphatic carbocycles. The molecule has 0 aromatic carbocycles. The fraction of sp³-hybridized carbons (Fsp3) is 0.444. The van der Waals surface area contributed by atoms with Crippen molar-refractivity contribution in [2.75, 3.05) is 33.2 Å². The maximum absolute atomic E-state index is 12.6. The van der Waals surface area contributed by atoms with Crippen LogP contribution in [0, 0.1) is 0 Å². The lowest BCUT2D eigenvalue weighted by molar-refractivity contribution is -0.131. The van der Waals surface area contributed by atoms with Crippen molar-refractivity contribution in [2.45, 2.75) is 19.4 Å². The summed E-state index contributed by atoms with van der Waals surface area (Å²) in [5.74, 6) is 0.690. The van der Waals surface area contributed by atoms with Crippen molar-refractivity contribution in [1.29, 1.82) is 0 Å². The van der Waals surface area contributed by atoms with E-state index in [1.807, 2.05) is 17.0 Å². The number of carbonyl (C=O) groups excluding carboxylic acids is 2. The predicted octanol–water partition coefficient (Wildman–Crippen LogP) is 1.66. The van der Waals surface area contributed by atoms with E-state index in [1.165, 1.54) is 5.01 Å². The Morgan fingerprint density at radius 2 is 2.07 bits per heavy atom. The highest BCUT2D eigenvalue weighted by molar-refractivity contribution is 7.13. The first-order chi connectivity index (χ1) is 13.1. The van der Waals surface area contributed by atoms with Crippen LogP contribution in [0.4, 0.5) is 0 Å². The fourth-order valence-corrected chi connectivity index (χ4v) is 4.01. The van der Waals surface area contributed by atoms with Gasteiger partial charge in [-0.1, -0.05) is 0 Å². The molecule has 4 heterocycles. The van der Waals surface area contributed by atoms with E-state index >= 15 is 0 Å². The van der Waals surface area contributed by atoms with Crippen molar-refractivity contribution in [3.05, 3.63) is 29.5 Å². The third kappa shape index (κ3) is 3.93. The van der Waals surface area contributed by atoms with Crippen LogP contribution >= 0.6 is 11.3 Å². The predicted molar refractivity (Wildman–Crippen MR) is 101 cm³/mol. The molecule has 8 nitrogen and oxygen atoms in total. The summed E-state index contributed by atoms with van der Waals surface area (Å²) in [7, 11) is 1.59. The molecule has 1 fully saturated rings. The molecule has 2 aliphatic rings. The number of rotatable bonds is 4. The largest absolute Gasteiger partial charge is 0.462 e. The number of nitrogens with zero attached hydrogens (tertiary/aromatic N) is 5. The molecule has 4 rings (SSSR count). The highest BCUT2D eigenvalue weighted by Gasteiger charge is 2.28.